The lowest BCUT2D eigenvalue weighted by Crippen LogP contribution is -2.46. The Morgan fingerprint density at radius 3 is 2.48 bits per heavy atom. The van der Waals surface area contributed by atoms with Gasteiger partial charge in [-0.1, -0.05) is 17.3 Å². The lowest BCUT2D eigenvalue weighted by molar-refractivity contribution is -0.154. The number of fused-ring (bicyclic) bond motifs is 1. The van der Waals surface area contributed by atoms with Gasteiger partial charge in [0.2, 0.25) is 17.7 Å². The summed E-state index contributed by atoms with van der Waals surface area (Å²) in [5.41, 5.74) is 2.18. The van der Waals surface area contributed by atoms with E-state index in [0.29, 0.717) is 28.0 Å². The van der Waals surface area contributed by atoms with E-state index in [0.717, 1.165) is 12.8 Å². The second kappa shape index (κ2) is 12.1. The van der Waals surface area contributed by atoms with Gasteiger partial charge >= 0.3 is 5.97 Å². The van der Waals surface area contributed by atoms with Crippen LogP contribution < -0.4 is 15.5 Å². The van der Waals surface area contributed by atoms with Gasteiger partial charge in [-0.05, 0) is 92.4 Å². The summed E-state index contributed by atoms with van der Waals surface area (Å²) in [6, 6.07) is 14.7. The van der Waals surface area contributed by atoms with E-state index in [2.05, 4.69) is 20.9 Å². The summed E-state index contributed by atoms with van der Waals surface area (Å²) in [5, 5.41) is 17.4. The first-order chi connectivity index (χ1) is 20.1. The zero-order valence-electron chi connectivity index (χ0n) is 23.6. The average molecular weight is 589 g/mol. The van der Waals surface area contributed by atoms with Gasteiger partial charge in [0.25, 0.3) is 0 Å². The number of anilines is 2. The summed E-state index contributed by atoms with van der Waals surface area (Å²) in [4.78, 5) is 53.9. The molecule has 11 nitrogen and oxygen atoms in total. The maximum absolute atomic E-state index is 14.1. The van der Waals surface area contributed by atoms with Crippen LogP contribution in [0.3, 0.4) is 0 Å². The van der Waals surface area contributed by atoms with Crippen LogP contribution in [-0.2, 0) is 30.5 Å². The first-order valence-corrected chi connectivity index (χ1v) is 14.6. The van der Waals surface area contributed by atoms with Crippen molar-refractivity contribution in [3.63, 3.8) is 0 Å². The second-order valence-electron chi connectivity index (χ2n) is 11.1. The molecule has 0 spiro atoms. The lowest BCUT2D eigenvalue weighted by atomic mass is 10.1. The predicted molar refractivity (Wildman–Crippen MR) is 159 cm³/mol. The van der Waals surface area contributed by atoms with Crippen LogP contribution in [0.1, 0.15) is 45.2 Å². The van der Waals surface area contributed by atoms with E-state index >= 15 is 0 Å². The number of hydrogen-bond acceptors (Lipinski definition) is 8. The predicted octanol–water partition coefficient (Wildman–Crippen LogP) is 4.07. The quantitative estimate of drug-likeness (QED) is 0.267. The molecule has 0 saturated heterocycles. The third-order valence-corrected chi connectivity index (χ3v) is 7.23. The summed E-state index contributed by atoms with van der Waals surface area (Å²) in [7, 11) is 0. The molecule has 0 bridgehead atoms. The number of amides is 3. The van der Waals surface area contributed by atoms with Crippen LogP contribution in [-0.4, -0.2) is 50.8 Å². The van der Waals surface area contributed by atoms with Crippen LogP contribution in [0, 0.1) is 5.92 Å². The minimum absolute atomic E-state index is 0.0357. The highest BCUT2D eigenvalue weighted by molar-refractivity contribution is 7.08. The first-order valence-electron chi connectivity index (χ1n) is 13.6. The molecule has 42 heavy (non-hydrogen) atoms. The van der Waals surface area contributed by atoms with Crippen molar-refractivity contribution in [3.05, 3.63) is 70.9 Å². The van der Waals surface area contributed by atoms with E-state index in [1.165, 1.54) is 20.9 Å². The number of ether oxygens (including phenoxy) is 1. The summed E-state index contributed by atoms with van der Waals surface area (Å²) in [6.07, 6.45) is 1.76. The molecule has 2 N–H and O–H groups in total. The number of thiophene rings is 1. The molecule has 2 heterocycles. The van der Waals surface area contributed by atoms with E-state index in [-0.39, 0.29) is 24.9 Å². The van der Waals surface area contributed by atoms with Gasteiger partial charge in [-0.25, -0.2) is 4.68 Å². The number of rotatable bonds is 10. The Bertz CT molecular complexity index is 1590. The third-order valence-electron chi connectivity index (χ3n) is 6.53. The van der Waals surface area contributed by atoms with Crippen LogP contribution in [0.5, 0.6) is 0 Å². The standard InChI is InChI=1S/C30H32N6O5S/c1-30(2,3)41-26(38)16-31-29(40)27(20-14-15-42-18-20)36(22-12-10-21(11-13-22)32-28(39)19-8-9-19)25(37)17-35-24-7-5-4-6-23(24)33-34-35/h4-7,10-15,18-19,27H,8-9,16-17H2,1-3H3,(H,31,40)(H,32,39). The van der Waals surface area contributed by atoms with E-state index in [4.69, 9.17) is 4.74 Å². The van der Waals surface area contributed by atoms with Gasteiger partial charge in [0.1, 0.15) is 30.2 Å². The monoisotopic (exact) mass is 588 g/mol. The Balaban J connectivity index is 1.46. The maximum atomic E-state index is 14.1. The molecule has 4 aromatic rings. The molecule has 218 valence electrons. The molecule has 1 aliphatic carbocycles. The molecule has 1 unspecified atom stereocenters. The van der Waals surface area contributed by atoms with Gasteiger partial charge in [0, 0.05) is 17.3 Å². The lowest BCUT2D eigenvalue weighted by Gasteiger charge is -2.31. The Labute approximate surface area is 246 Å². The largest absolute Gasteiger partial charge is 0.459 e. The van der Waals surface area contributed by atoms with Gasteiger partial charge in [-0.3, -0.25) is 24.1 Å². The molecular weight excluding hydrogens is 556 g/mol. The Hall–Kier alpha value is -4.58. The number of aromatic nitrogens is 3. The zero-order valence-corrected chi connectivity index (χ0v) is 24.4. The molecule has 1 fully saturated rings. The van der Waals surface area contributed by atoms with Crippen molar-refractivity contribution in [2.75, 3.05) is 16.8 Å². The van der Waals surface area contributed by atoms with Crippen molar-refractivity contribution in [2.45, 2.75) is 51.8 Å². The van der Waals surface area contributed by atoms with Gasteiger partial charge < -0.3 is 15.4 Å². The number of para-hydroxylation sites is 1. The summed E-state index contributed by atoms with van der Waals surface area (Å²) in [6.45, 7) is 4.67. The summed E-state index contributed by atoms with van der Waals surface area (Å²) >= 11 is 1.38. The molecule has 2 aromatic carbocycles. The van der Waals surface area contributed by atoms with Gasteiger partial charge in [-0.15, -0.1) is 5.10 Å². The fourth-order valence-electron chi connectivity index (χ4n) is 4.45. The summed E-state index contributed by atoms with van der Waals surface area (Å²) in [5.74, 6) is -1.57. The number of esters is 1. The minimum Gasteiger partial charge on any atom is -0.459 e. The second-order valence-corrected chi connectivity index (χ2v) is 11.9. The van der Waals surface area contributed by atoms with Crippen molar-refractivity contribution < 1.29 is 23.9 Å². The molecule has 2 aromatic heterocycles. The number of hydrogen-bond donors (Lipinski definition) is 2. The Morgan fingerprint density at radius 2 is 1.81 bits per heavy atom. The molecule has 0 radical (unpaired) electrons. The Kier molecular flexibility index (Phi) is 8.34. The molecule has 5 rings (SSSR count). The molecule has 12 heteroatoms. The van der Waals surface area contributed by atoms with Gasteiger partial charge in [0.05, 0.1) is 5.52 Å². The van der Waals surface area contributed by atoms with Crippen LogP contribution >= 0.6 is 11.3 Å². The topological polar surface area (TPSA) is 136 Å². The van der Waals surface area contributed by atoms with Crippen molar-refractivity contribution in [1.82, 2.24) is 20.3 Å². The van der Waals surface area contributed by atoms with Crippen molar-refractivity contribution >= 4 is 57.4 Å². The van der Waals surface area contributed by atoms with Crippen molar-refractivity contribution in [1.29, 1.82) is 0 Å². The van der Waals surface area contributed by atoms with Crippen LogP contribution in [0.15, 0.2) is 65.4 Å². The number of carbonyl (C=O) groups excluding carboxylic acids is 4. The summed E-state index contributed by atoms with van der Waals surface area (Å²) < 4.78 is 6.83. The van der Waals surface area contributed by atoms with Gasteiger partial charge in [0.15, 0.2) is 0 Å². The molecular formula is C30H32N6O5S. The van der Waals surface area contributed by atoms with E-state index in [9.17, 15) is 19.2 Å². The fourth-order valence-corrected chi connectivity index (χ4v) is 5.13. The van der Waals surface area contributed by atoms with E-state index < -0.39 is 29.4 Å². The number of benzene rings is 2. The van der Waals surface area contributed by atoms with Gasteiger partial charge in [-0.2, -0.15) is 11.3 Å². The SMILES string of the molecule is CC(C)(C)OC(=O)CNC(=O)C(c1ccsc1)N(C(=O)Cn1nnc2ccccc21)c1ccc(NC(=O)C2CC2)cc1. The molecule has 1 atom stereocenters. The fraction of sp³-hybridized carbons (Fsp3) is 0.333. The first kappa shape index (κ1) is 28.9. The van der Waals surface area contributed by atoms with E-state index in [1.54, 1.807) is 62.5 Å². The highest BCUT2D eigenvalue weighted by Gasteiger charge is 2.34. The molecule has 1 saturated carbocycles. The molecule has 1 aliphatic rings. The third kappa shape index (κ3) is 7.00. The Morgan fingerprint density at radius 1 is 1.07 bits per heavy atom. The smallest absolute Gasteiger partial charge is 0.325 e. The van der Waals surface area contributed by atoms with Crippen molar-refractivity contribution in [3.8, 4) is 0 Å². The van der Waals surface area contributed by atoms with E-state index in [1.807, 2.05) is 23.6 Å². The van der Waals surface area contributed by atoms with Crippen LogP contribution in [0.2, 0.25) is 0 Å². The highest BCUT2D eigenvalue weighted by Crippen LogP contribution is 2.33. The number of nitrogens with zero attached hydrogens (tertiary/aromatic N) is 4. The zero-order chi connectivity index (χ0) is 29.9. The minimum atomic E-state index is -1.10. The molecule has 3 amide bonds. The number of carbonyl (C=O) groups is 4. The van der Waals surface area contributed by atoms with Crippen molar-refractivity contribution in [2.24, 2.45) is 5.92 Å². The normalized spacial score (nSPS) is 13.8. The molecule has 0 aliphatic heterocycles. The van der Waals surface area contributed by atoms with Crippen LogP contribution in [0.4, 0.5) is 11.4 Å². The maximum Gasteiger partial charge on any atom is 0.325 e. The average Bonchev–Trinajstić information content (AvgIpc) is 3.52. The highest BCUT2D eigenvalue weighted by atomic mass is 32.1. The number of nitrogens with one attached hydrogen (secondary N) is 2. The van der Waals surface area contributed by atoms with Crippen LogP contribution in [0.25, 0.3) is 11.0 Å².